The SMILES string of the molecule is Cc1ccc(CC(CCOc2ccc(CNCCC(=O)O)cc2)c2cccc(Cl)c2)cc1C. The molecule has 0 aliphatic carbocycles. The first kappa shape index (κ1) is 24.8. The Morgan fingerprint density at radius 3 is 2.45 bits per heavy atom. The van der Waals surface area contributed by atoms with Gasteiger partial charge in [0.2, 0.25) is 0 Å². The third-order valence-electron chi connectivity index (χ3n) is 5.88. The van der Waals surface area contributed by atoms with Gasteiger partial charge in [0.25, 0.3) is 0 Å². The maximum atomic E-state index is 10.6. The number of hydrogen-bond acceptors (Lipinski definition) is 3. The van der Waals surface area contributed by atoms with Gasteiger partial charge < -0.3 is 15.2 Å². The summed E-state index contributed by atoms with van der Waals surface area (Å²) in [4.78, 5) is 10.6. The topological polar surface area (TPSA) is 58.6 Å². The van der Waals surface area contributed by atoms with Crippen LogP contribution in [0.15, 0.2) is 66.7 Å². The van der Waals surface area contributed by atoms with Crippen LogP contribution in [0.1, 0.15) is 46.6 Å². The summed E-state index contributed by atoms with van der Waals surface area (Å²) in [6.07, 6.45) is 1.94. The fourth-order valence-electron chi connectivity index (χ4n) is 3.81. The summed E-state index contributed by atoms with van der Waals surface area (Å²) in [5, 5.41) is 12.6. The van der Waals surface area contributed by atoms with E-state index in [1.54, 1.807) is 0 Å². The second-order valence-corrected chi connectivity index (χ2v) is 8.91. The summed E-state index contributed by atoms with van der Waals surface area (Å²) >= 11 is 6.28. The van der Waals surface area contributed by atoms with Gasteiger partial charge in [0.15, 0.2) is 0 Å². The Kier molecular flexibility index (Phi) is 9.35. The van der Waals surface area contributed by atoms with Crippen LogP contribution in [0.4, 0.5) is 0 Å². The van der Waals surface area contributed by atoms with Crippen LogP contribution >= 0.6 is 11.6 Å². The zero-order valence-corrected chi connectivity index (χ0v) is 20.1. The Morgan fingerprint density at radius 1 is 1.00 bits per heavy atom. The van der Waals surface area contributed by atoms with Gasteiger partial charge in [0.05, 0.1) is 13.0 Å². The highest BCUT2D eigenvalue weighted by molar-refractivity contribution is 6.30. The molecule has 4 nitrogen and oxygen atoms in total. The number of rotatable bonds is 12. The van der Waals surface area contributed by atoms with E-state index in [0.717, 1.165) is 29.2 Å². The minimum atomic E-state index is -0.792. The van der Waals surface area contributed by atoms with Gasteiger partial charge in [0, 0.05) is 18.1 Å². The first-order valence-corrected chi connectivity index (χ1v) is 11.7. The number of carbonyl (C=O) groups is 1. The number of nitrogens with one attached hydrogen (secondary N) is 1. The van der Waals surface area contributed by atoms with Crippen molar-refractivity contribution in [2.45, 2.75) is 45.6 Å². The third-order valence-corrected chi connectivity index (χ3v) is 6.11. The Hall–Kier alpha value is -2.82. The molecular formula is C28H32ClNO3. The van der Waals surface area contributed by atoms with Crippen molar-refractivity contribution in [1.82, 2.24) is 5.32 Å². The van der Waals surface area contributed by atoms with Crippen LogP contribution in [0.25, 0.3) is 0 Å². The second kappa shape index (κ2) is 12.4. The average Bonchev–Trinajstić information content (AvgIpc) is 2.79. The lowest BCUT2D eigenvalue weighted by molar-refractivity contribution is -0.136. The van der Waals surface area contributed by atoms with Crippen LogP contribution < -0.4 is 10.1 Å². The number of hydrogen-bond donors (Lipinski definition) is 2. The van der Waals surface area contributed by atoms with E-state index >= 15 is 0 Å². The lowest BCUT2D eigenvalue weighted by Gasteiger charge is -2.19. The van der Waals surface area contributed by atoms with Gasteiger partial charge in [0.1, 0.15) is 5.75 Å². The number of aryl methyl sites for hydroxylation is 2. The van der Waals surface area contributed by atoms with Crippen molar-refractivity contribution in [2.75, 3.05) is 13.2 Å². The van der Waals surface area contributed by atoms with Gasteiger partial charge in [-0.1, -0.05) is 54.1 Å². The Bertz CT molecular complexity index is 1050. The molecule has 0 fully saturated rings. The Morgan fingerprint density at radius 2 is 1.76 bits per heavy atom. The predicted molar refractivity (Wildman–Crippen MR) is 134 cm³/mol. The summed E-state index contributed by atoms with van der Waals surface area (Å²) in [6, 6.07) is 22.7. The zero-order chi connectivity index (χ0) is 23.6. The minimum Gasteiger partial charge on any atom is -0.494 e. The maximum absolute atomic E-state index is 10.6. The summed E-state index contributed by atoms with van der Waals surface area (Å²) in [5.41, 5.74) is 6.27. The normalized spacial score (nSPS) is 11.8. The molecule has 3 aromatic rings. The molecule has 33 heavy (non-hydrogen) atoms. The molecule has 0 radical (unpaired) electrons. The van der Waals surface area contributed by atoms with E-state index in [1.165, 1.54) is 22.3 Å². The fraction of sp³-hybridized carbons (Fsp3) is 0.321. The molecule has 0 spiro atoms. The summed E-state index contributed by atoms with van der Waals surface area (Å²) < 4.78 is 6.05. The highest BCUT2D eigenvalue weighted by Gasteiger charge is 2.14. The smallest absolute Gasteiger partial charge is 0.304 e. The van der Waals surface area contributed by atoms with Gasteiger partial charge in [-0.3, -0.25) is 4.79 Å². The molecule has 0 saturated heterocycles. The van der Waals surface area contributed by atoms with Crippen molar-refractivity contribution in [1.29, 1.82) is 0 Å². The van der Waals surface area contributed by atoms with Crippen LogP contribution in [-0.4, -0.2) is 24.2 Å². The molecule has 1 unspecified atom stereocenters. The van der Waals surface area contributed by atoms with E-state index in [2.05, 4.69) is 49.5 Å². The van der Waals surface area contributed by atoms with Crippen molar-refractivity contribution >= 4 is 17.6 Å². The van der Waals surface area contributed by atoms with Gasteiger partial charge >= 0.3 is 5.97 Å². The van der Waals surface area contributed by atoms with Gasteiger partial charge in [-0.05, 0) is 84.7 Å². The number of ether oxygens (including phenoxy) is 1. The molecule has 3 aromatic carbocycles. The molecule has 0 amide bonds. The molecule has 2 N–H and O–H groups in total. The Labute approximate surface area is 201 Å². The third kappa shape index (κ3) is 8.23. The van der Waals surface area contributed by atoms with Crippen LogP contribution in [0, 0.1) is 13.8 Å². The van der Waals surface area contributed by atoms with Crippen LogP contribution in [0.5, 0.6) is 5.75 Å². The molecule has 0 bridgehead atoms. The lowest BCUT2D eigenvalue weighted by Crippen LogP contribution is -2.17. The van der Waals surface area contributed by atoms with E-state index in [1.807, 2.05) is 36.4 Å². The average molecular weight is 466 g/mol. The molecule has 1 atom stereocenters. The largest absolute Gasteiger partial charge is 0.494 e. The minimum absolute atomic E-state index is 0.122. The Balaban J connectivity index is 1.57. The molecule has 174 valence electrons. The van der Waals surface area contributed by atoms with E-state index in [9.17, 15) is 4.79 Å². The lowest BCUT2D eigenvalue weighted by atomic mass is 9.88. The first-order chi connectivity index (χ1) is 15.9. The van der Waals surface area contributed by atoms with Crippen molar-refractivity contribution in [3.8, 4) is 5.75 Å². The quantitative estimate of drug-likeness (QED) is 0.307. The first-order valence-electron chi connectivity index (χ1n) is 11.4. The molecule has 0 saturated carbocycles. The molecule has 0 aromatic heterocycles. The highest BCUT2D eigenvalue weighted by Crippen LogP contribution is 2.28. The standard InChI is InChI=1S/C28H32ClNO3/c1-20-6-7-23(16-21(20)2)17-25(24-4-3-5-26(29)18-24)13-15-33-27-10-8-22(9-11-27)19-30-14-12-28(31)32/h3-11,16,18,25,30H,12-15,17,19H2,1-2H3,(H,31,32). The molecule has 5 heteroatoms. The van der Waals surface area contributed by atoms with Crippen LogP contribution in [0.2, 0.25) is 5.02 Å². The number of halogens is 1. The predicted octanol–water partition coefficient (Wildman–Crippen LogP) is 6.32. The molecule has 0 aliphatic rings. The van der Waals surface area contributed by atoms with Crippen molar-refractivity contribution in [3.63, 3.8) is 0 Å². The molecule has 0 aliphatic heterocycles. The van der Waals surface area contributed by atoms with Gasteiger partial charge in [-0.15, -0.1) is 0 Å². The summed E-state index contributed by atoms with van der Waals surface area (Å²) in [7, 11) is 0. The molecule has 3 rings (SSSR count). The number of carboxylic acids is 1. The second-order valence-electron chi connectivity index (χ2n) is 8.48. The fourth-order valence-corrected chi connectivity index (χ4v) is 4.01. The van der Waals surface area contributed by atoms with E-state index in [-0.39, 0.29) is 6.42 Å². The molecule has 0 heterocycles. The van der Waals surface area contributed by atoms with Crippen molar-refractivity contribution in [2.24, 2.45) is 0 Å². The zero-order valence-electron chi connectivity index (χ0n) is 19.3. The number of aliphatic carboxylic acids is 1. The highest BCUT2D eigenvalue weighted by atomic mass is 35.5. The summed E-state index contributed by atoms with van der Waals surface area (Å²) in [5.74, 6) is 0.351. The maximum Gasteiger partial charge on any atom is 0.304 e. The monoisotopic (exact) mass is 465 g/mol. The summed E-state index contributed by atoms with van der Waals surface area (Å²) in [6.45, 7) is 6.00. The van der Waals surface area contributed by atoms with Crippen LogP contribution in [-0.2, 0) is 17.8 Å². The van der Waals surface area contributed by atoms with E-state index in [4.69, 9.17) is 21.4 Å². The van der Waals surface area contributed by atoms with E-state index in [0.29, 0.717) is 25.6 Å². The van der Waals surface area contributed by atoms with Crippen molar-refractivity contribution in [3.05, 3.63) is 99.6 Å². The molecular weight excluding hydrogens is 434 g/mol. The van der Waals surface area contributed by atoms with Crippen LogP contribution in [0.3, 0.4) is 0 Å². The number of benzene rings is 3. The van der Waals surface area contributed by atoms with E-state index < -0.39 is 5.97 Å². The van der Waals surface area contributed by atoms with Gasteiger partial charge in [-0.25, -0.2) is 0 Å². The number of carboxylic acid groups (broad SMARTS) is 1. The van der Waals surface area contributed by atoms with Gasteiger partial charge in [-0.2, -0.15) is 0 Å². The van der Waals surface area contributed by atoms with Crippen molar-refractivity contribution < 1.29 is 14.6 Å².